The standard InChI is InChI=1S/C14H17NO/c1-4-5-14(16)12-9-15(3)13-8-10(2)6-7-11(12)13/h6-9H,4-5H2,1-3H3. The van der Waals surface area contributed by atoms with Crippen molar-refractivity contribution >= 4 is 16.7 Å². The second-order valence-corrected chi connectivity index (χ2v) is 4.35. The summed E-state index contributed by atoms with van der Waals surface area (Å²) in [5.41, 5.74) is 3.22. The number of hydrogen-bond acceptors (Lipinski definition) is 1. The van der Waals surface area contributed by atoms with Gasteiger partial charge in [-0.1, -0.05) is 19.1 Å². The highest BCUT2D eigenvalue weighted by Gasteiger charge is 2.12. The number of carbonyl (C=O) groups excluding carboxylic acids is 1. The predicted molar refractivity (Wildman–Crippen MR) is 66.9 cm³/mol. The summed E-state index contributed by atoms with van der Waals surface area (Å²) in [5.74, 6) is 0.247. The Morgan fingerprint density at radius 2 is 2.12 bits per heavy atom. The summed E-state index contributed by atoms with van der Waals surface area (Å²) in [4.78, 5) is 11.9. The van der Waals surface area contributed by atoms with E-state index in [1.807, 2.05) is 30.8 Å². The molecule has 2 rings (SSSR count). The molecule has 0 saturated heterocycles. The lowest BCUT2D eigenvalue weighted by Gasteiger charge is -1.98. The van der Waals surface area contributed by atoms with Crippen LogP contribution in [0.2, 0.25) is 0 Å². The van der Waals surface area contributed by atoms with Gasteiger partial charge in [-0.25, -0.2) is 0 Å². The van der Waals surface area contributed by atoms with Crippen molar-refractivity contribution in [2.24, 2.45) is 7.05 Å². The molecule has 0 bridgehead atoms. The Bertz CT molecular complexity index is 537. The second kappa shape index (κ2) is 4.12. The summed E-state index contributed by atoms with van der Waals surface area (Å²) in [6.45, 7) is 4.10. The van der Waals surface area contributed by atoms with E-state index in [0.29, 0.717) is 6.42 Å². The Hall–Kier alpha value is -1.57. The molecular formula is C14H17NO. The third-order valence-corrected chi connectivity index (χ3v) is 2.92. The molecule has 0 aliphatic heterocycles. The average molecular weight is 215 g/mol. The average Bonchev–Trinajstić information content (AvgIpc) is 2.56. The normalized spacial score (nSPS) is 10.9. The van der Waals surface area contributed by atoms with E-state index in [-0.39, 0.29) is 5.78 Å². The fraction of sp³-hybridized carbons (Fsp3) is 0.357. The van der Waals surface area contributed by atoms with Crippen molar-refractivity contribution in [3.05, 3.63) is 35.5 Å². The quantitative estimate of drug-likeness (QED) is 0.718. The molecule has 0 fully saturated rings. The Kier molecular flexibility index (Phi) is 2.82. The van der Waals surface area contributed by atoms with Gasteiger partial charge < -0.3 is 4.57 Å². The first-order chi connectivity index (χ1) is 7.63. The molecule has 0 saturated carbocycles. The summed E-state index contributed by atoms with van der Waals surface area (Å²) in [5, 5.41) is 1.08. The van der Waals surface area contributed by atoms with Crippen LogP contribution >= 0.6 is 0 Å². The Morgan fingerprint density at radius 3 is 2.81 bits per heavy atom. The maximum absolute atomic E-state index is 11.9. The molecule has 1 aromatic heterocycles. The predicted octanol–water partition coefficient (Wildman–Crippen LogP) is 3.47. The van der Waals surface area contributed by atoms with E-state index in [4.69, 9.17) is 0 Å². The van der Waals surface area contributed by atoms with Crippen LogP contribution < -0.4 is 0 Å². The van der Waals surface area contributed by atoms with Gasteiger partial charge in [-0.2, -0.15) is 0 Å². The zero-order valence-corrected chi connectivity index (χ0v) is 10.1. The molecule has 0 unspecified atom stereocenters. The molecule has 1 aromatic carbocycles. The van der Waals surface area contributed by atoms with E-state index in [0.717, 1.165) is 22.9 Å². The van der Waals surface area contributed by atoms with Crippen LogP contribution in [0.5, 0.6) is 0 Å². The highest BCUT2D eigenvalue weighted by molar-refractivity contribution is 6.08. The topological polar surface area (TPSA) is 22.0 Å². The molecule has 0 atom stereocenters. The molecule has 84 valence electrons. The van der Waals surface area contributed by atoms with Crippen LogP contribution in [0, 0.1) is 6.92 Å². The van der Waals surface area contributed by atoms with Gasteiger partial charge in [0.05, 0.1) is 0 Å². The van der Waals surface area contributed by atoms with E-state index < -0.39 is 0 Å². The Balaban J connectivity index is 2.59. The van der Waals surface area contributed by atoms with E-state index >= 15 is 0 Å². The minimum absolute atomic E-state index is 0.247. The Labute approximate surface area is 95.9 Å². The first-order valence-electron chi connectivity index (χ1n) is 5.72. The maximum atomic E-state index is 11.9. The SMILES string of the molecule is CCCC(=O)c1cn(C)c2cc(C)ccc12. The summed E-state index contributed by atoms with van der Waals surface area (Å²) >= 11 is 0. The summed E-state index contributed by atoms with van der Waals surface area (Å²) in [6, 6.07) is 6.23. The molecule has 0 spiro atoms. The van der Waals surface area contributed by atoms with Crippen molar-refractivity contribution in [1.82, 2.24) is 4.57 Å². The summed E-state index contributed by atoms with van der Waals surface area (Å²) in [7, 11) is 1.99. The molecule has 2 heteroatoms. The van der Waals surface area contributed by atoms with Crippen LogP contribution in [0.4, 0.5) is 0 Å². The molecule has 0 amide bonds. The van der Waals surface area contributed by atoms with Crippen molar-refractivity contribution < 1.29 is 4.79 Å². The lowest BCUT2D eigenvalue weighted by molar-refractivity contribution is 0.0983. The van der Waals surface area contributed by atoms with Gasteiger partial charge in [0.15, 0.2) is 5.78 Å². The van der Waals surface area contributed by atoms with Crippen LogP contribution in [0.1, 0.15) is 35.7 Å². The number of carbonyl (C=O) groups is 1. The first-order valence-corrected chi connectivity index (χ1v) is 5.72. The maximum Gasteiger partial charge on any atom is 0.165 e. The van der Waals surface area contributed by atoms with Gasteiger partial charge in [0.1, 0.15) is 0 Å². The molecule has 0 N–H and O–H groups in total. The zero-order chi connectivity index (χ0) is 11.7. The number of benzene rings is 1. The van der Waals surface area contributed by atoms with E-state index in [2.05, 4.69) is 19.1 Å². The molecule has 2 aromatic rings. The van der Waals surface area contributed by atoms with Crippen molar-refractivity contribution in [3.8, 4) is 0 Å². The molecular weight excluding hydrogens is 198 g/mol. The van der Waals surface area contributed by atoms with Crippen molar-refractivity contribution in [3.63, 3.8) is 0 Å². The molecule has 16 heavy (non-hydrogen) atoms. The van der Waals surface area contributed by atoms with Crippen LogP contribution in [-0.4, -0.2) is 10.4 Å². The molecule has 0 aliphatic rings. The van der Waals surface area contributed by atoms with Gasteiger partial charge in [-0.15, -0.1) is 0 Å². The molecule has 1 heterocycles. The van der Waals surface area contributed by atoms with Crippen LogP contribution in [0.25, 0.3) is 10.9 Å². The van der Waals surface area contributed by atoms with Crippen molar-refractivity contribution in [2.45, 2.75) is 26.7 Å². The van der Waals surface area contributed by atoms with Gasteiger partial charge in [-0.3, -0.25) is 4.79 Å². The third-order valence-electron chi connectivity index (χ3n) is 2.92. The van der Waals surface area contributed by atoms with Gasteiger partial charge in [-0.05, 0) is 25.0 Å². The minimum Gasteiger partial charge on any atom is -0.350 e. The number of hydrogen-bond donors (Lipinski definition) is 0. The van der Waals surface area contributed by atoms with Gasteiger partial charge >= 0.3 is 0 Å². The van der Waals surface area contributed by atoms with E-state index in [1.54, 1.807) is 0 Å². The summed E-state index contributed by atoms with van der Waals surface area (Å²) < 4.78 is 2.03. The smallest absolute Gasteiger partial charge is 0.165 e. The van der Waals surface area contributed by atoms with E-state index in [1.165, 1.54) is 5.56 Å². The fourth-order valence-electron chi connectivity index (χ4n) is 2.08. The van der Waals surface area contributed by atoms with Gasteiger partial charge in [0.2, 0.25) is 0 Å². The largest absolute Gasteiger partial charge is 0.350 e. The van der Waals surface area contributed by atoms with Crippen molar-refractivity contribution in [2.75, 3.05) is 0 Å². The number of aromatic nitrogens is 1. The lowest BCUT2D eigenvalue weighted by Crippen LogP contribution is -1.96. The number of fused-ring (bicyclic) bond motifs is 1. The lowest BCUT2D eigenvalue weighted by atomic mass is 10.1. The third kappa shape index (κ3) is 1.75. The van der Waals surface area contributed by atoms with Crippen LogP contribution in [0.3, 0.4) is 0 Å². The molecule has 2 nitrogen and oxygen atoms in total. The first kappa shape index (κ1) is 10.9. The number of Topliss-reactive ketones (excluding diaryl/α,β-unsaturated/α-hetero) is 1. The van der Waals surface area contributed by atoms with Crippen LogP contribution in [0.15, 0.2) is 24.4 Å². The monoisotopic (exact) mass is 215 g/mol. The number of nitrogens with zero attached hydrogens (tertiary/aromatic N) is 1. The second-order valence-electron chi connectivity index (χ2n) is 4.35. The van der Waals surface area contributed by atoms with Gasteiger partial charge in [0.25, 0.3) is 0 Å². The number of rotatable bonds is 3. The molecule has 0 radical (unpaired) electrons. The highest BCUT2D eigenvalue weighted by Crippen LogP contribution is 2.23. The number of ketones is 1. The fourth-order valence-corrected chi connectivity index (χ4v) is 2.08. The van der Waals surface area contributed by atoms with E-state index in [9.17, 15) is 4.79 Å². The number of aryl methyl sites for hydroxylation is 2. The van der Waals surface area contributed by atoms with Crippen LogP contribution in [-0.2, 0) is 7.05 Å². The Morgan fingerprint density at radius 1 is 1.38 bits per heavy atom. The highest BCUT2D eigenvalue weighted by atomic mass is 16.1. The minimum atomic E-state index is 0.247. The van der Waals surface area contributed by atoms with Gasteiger partial charge in [0, 0.05) is 36.1 Å². The molecule has 0 aliphatic carbocycles. The zero-order valence-electron chi connectivity index (χ0n) is 10.1. The summed E-state index contributed by atoms with van der Waals surface area (Å²) in [6.07, 6.45) is 3.48. The van der Waals surface area contributed by atoms with Crippen molar-refractivity contribution in [1.29, 1.82) is 0 Å².